The van der Waals surface area contributed by atoms with Crippen LogP contribution in [-0.4, -0.2) is 51.3 Å². The fourth-order valence-corrected chi connectivity index (χ4v) is 1.76. The molecule has 1 aromatic heterocycles. The molecular formula is C11H14N2O3. The maximum Gasteiger partial charge on any atom is 0.272 e. The Kier molecular flexibility index (Phi) is 2.89. The number of aromatic nitrogens is 1. The second kappa shape index (κ2) is 4.19. The van der Waals surface area contributed by atoms with E-state index in [1.54, 1.807) is 12.1 Å². The number of hydrogen-bond acceptors (Lipinski definition) is 4. The van der Waals surface area contributed by atoms with Gasteiger partial charge in [-0.05, 0) is 19.1 Å². The first-order valence-corrected chi connectivity index (χ1v) is 5.17. The lowest BCUT2D eigenvalue weighted by molar-refractivity contribution is 0.0572. The number of carbonyl (C=O) groups is 1. The molecule has 1 amide bonds. The predicted molar refractivity (Wildman–Crippen MR) is 56.9 cm³/mol. The van der Waals surface area contributed by atoms with Gasteiger partial charge in [-0.2, -0.15) is 0 Å². The molecule has 0 saturated carbocycles. The van der Waals surface area contributed by atoms with Crippen molar-refractivity contribution in [2.45, 2.75) is 19.1 Å². The van der Waals surface area contributed by atoms with Gasteiger partial charge < -0.3 is 15.1 Å². The van der Waals surface area contributed by atoms with Gasteiger partial charge in [-0.25, -0.2) is 4.98 Å². The summed E-state index contributed by atoms with van der Waals surface area (Å²) in [6, 6.07) is 5.20. The van der Waals surface area contributed by atoms with E-state index in [1.807, 2.05) is 13.0 Å². The van der Waals surface area contributed by atoms with Crippen LogP contribution >= 0.6 is 0 Å². The predicted octanol–water partition coefficient (Wildman–Crippen LogP) is -0.432. The standard InChI is InChI=1S/C11H14N2O3/c1-7-3-2-4-8(12-7)11(16)13-5-9(14)10(15)6-13/h2-4,9-10,14-15H,5-6H2,1H3/t9-,10+. The van der Waals surface area contributed by atoms with E-state index in [2.05, 4.69) is 4.98 Å². The Morgan fingerprint density at radius 3 is 2.56 bits per heavy atom. The van der Waals surface area contributed by atoms with Crippen LogP contribution in [-0.2, 0) is 0 Å². The highest BCUT2D eigenvalue weighted by Crippen LogP contribution is 2.13. The fraction of sp³-hybridized carbons (Fsp3) is 0.455. The van der Waals surface area contributed by atoms with Gasteiger partial charge in [-0.15, -0.1) is 0 Å². The highest BCUT2D eigenvalue weighted by atomic mass is 16.3. The number of hydrogen-bond donors (Lipinski definition) is 2. The number of aliphatic hydroxyl groups is 2. The molecule has 1 aliphatic heterocycles. The molecule has 1 fully saturated rings. The molecule has 2 N–H and O–H groups in total. The van der Waals surface area contributed by atoms with E-state index in [0.29, 0.717) is 5.69 Å². The van der Waals surface area contributed by atoms with Crippen molar-refractivity contribution >= 4 is 5.91 Å². The number of pyridine rings is 1. The summed E-state index contributed by atoms with van der Waals surface area (Å²) in [6.07, 6.45) is -1.71. The Bertz CT molecular complexity index is 398. The number of rotatable bonds is 1. The van der Waals surface area contributed by atoms with E-state index >= 15 is 0 Å². The van der Waals surface area contributed by atoms with Crippen LogP contribution in [0.3, 0.4) is 0 Å². The molecule has 0 unspecified atom stereocenters. The molecule has 0 spiro atoms. The third-order valence-corrected chi connectivity index (χ3v) is 2.65. The lowest BCUT2D eigenvalue weighted by Gasteiger charge is -2.14. The van der Waals surface area contributed by atoms with Gasteiger partial charge in [0.15, 0.2) is 0 Å². The molecule has 0 bridgehead atoms. The zero-order valence-electron chi connectivity index (χ0n) is 9.00. The molecule has 2 rings (SSSR count). The van der Waals surface area contributed by atoms with E-state index in [1.165, 1.54) is 4.90 Å². The molecule has 0 aromatic carbocycles. The topological polar surface area (TPSA) is 73.7 Å². The van der Waals surface area contributed by atoms with Crippen molar-refractivity contribution in [2.75, 3.05) is 13.1 Å². The number of amides is 1. The molecule has 0 radical (unpaired) electrons. The molecule has 2 atom stereocenters. The van der Waals surface area contributed by atoms with Crippen molar-refractivity contribution in [2.24, 2.45) is 0 Å². The average Bonchev–Trinajstić information content (AvgIpc) is 2.58. The monoisotopic (exact) mass is 222 g/mol. The quantitative estimate of drug-likeness (QED) is 0.676. The Hall–Kier alpha value is -1.46. The van der Waals surface area contributed by atoms with Crippen LogP contribution in [0.15, 0.2) is 18.2 Å². The number of aryl methyl sites for hydroxylation is 1. The van der Waals surface area contributed by atoms with Crippen molar-refractivity contribution in [3.05, 3.63) is 29.6 Å². The molecule has 5 nitrogen and oxygen atoms in total. The molecule has 16 heavy (non-hydrogen) atoms. The fourth-order valence-electron chi connectivity index (χ4n) is 1.76. The normalized spacial score (nSPS) is 24.8. The minimum Gasteiger partial charge on any atom is -0.388 e. The Labute approximate surface area is 93.3 Å². The first-order valence-electron chi connectivity index (χ1n) is 5.17. The van der Waals surface area contributed by atoms with E-state index in [9.17, 15) is 15.0 Å². The maximum atomic E-state index is 11.9. The number of nitrogens with zero attached hydrogens (tertiary/aromatic N) is 2. The number of aliphatic hydroxyl groups excluding tert-OH is 2. The minimum absolute atomic E-state index is 0.162. The van der Waals surface area contributed by atoms with Gasteiger partial charge in [0.1, 0.15) is 5.69 Å². The van der Waals surface area contributed by atoms with Crippen LogP contribution in [0.5, 0.6) is 0 Å². The SMILES string of the molecule is Cc1cccc(C(=O)N2C[C@@H](O)[C@@H](O)C2)n1. The van der Waals surface area contributed by atoms with Crippen molar-refractivity contribution in [1.82, 2.24) is 9.88 Å². The van der Waals surface area contributed by atoms with Crippen LogP contribution in [0.2, 0.25) is 0 Å². The largest absolute Gasteiger partial charge is 0.388 e. The van der Waals surface area contributed by atoms with Gasteiger partial charge in [0.2, 0.25) is 0 Å². The summed E-state index contributed by atoms with van der Waals surface area (Å²) in [4.78, 5) is 17.5. The molecule has 1 saturated heterocycles. The van der Waals surface area contributed by atoms with E-state index in [0.717, 1.165) is 5.69 Å². The van der Waals surface area contributed by atoms with Gasteiger partial charge >= 0.3 is 0 Å². The van der Waals surface area contributed by atoms with Crippen molar-refractivity contribution in [3.8, 4) is 0 Å². The Morgan fingerprint density at radius 2 is 2.00 bits per heavy atom. The minimum atomic E-state index is -0.853. The van der Waals surface area contributed by atoms with E-state index < -0.39 is 12.2 Å². The first kappa shape index (κ1) is 11.0. The lowest BCUT2D eigenvalue weighted by atomic mass is 10.3. The van der Waals surface area contributed by atoms with Crippen LogP contribution in [0, 0.1) is 6.92 Å². The summed E-state index contributed by atoms with van der Waals surface area (Å²) in [5, 5.41) is 18.7. The molecular weight excluding hydrogens is 208 g/mol. The van der Waals surface area contributed by atoms with Crippen LogP contribution in [0.4, 0.5) is 0 Å². The highest BCUT2D eigenvalue weighted by Gasteiger charge is 2.33. The Balaban J connectivity index is 2.14. The van der Waals surface area contributed by atoms with Gasteiger partial charge in [0, 0.05) is 18.8 Å². The molecule has 0 aliphatic carbocycles. The average molecular weight is 222 g/mol. The van der Waals surface area contributed by atoms with Gasteiger partial charge in [0.05, 0.1) is 12.2 Å². The van der Waals surface area contributed by atoms with Gasteiger partial charge in [-0.3, -0.25) is 4.79 Å². The summed E-state index contributed by atoms with van der Waals surface area (Å²) in [5.74, 6) is -0.251. The second-order valence-electron chi connectivity index (χ2n) is 4.01. The van der Waals surface area contributed by atoms with Gasteiger partial charge in [-0.1, -0.05) is 6.07 Å². The molecule has 1 aromatic rings. The molecule has 86 valence electrons. The Morgan fingerprint density at radius 1 is 1.38 bits per heavy atom. The van der Waals surface area contributed by atoms with E-state index in [-0.39, 0.29) is 19.0 Å². The first-order chi connectivity index (χ1) is 7.58. The molecule has 2 heterocycles. The zero-order chi connectivity index (χ0) is 11.7. The van der Waals surface area contributed by atoms with Crippen molar-refractivity contribution in [3.63, 3.8) is 0 Å². The van der Waals surface area contributed by atoms with Crippen LogP contribution < -0.4 is 0 Å². The maximum absolute atomic E-state index is 11.9. The lowest BCUT2D eigenvalue weighted by Crippen LogP contribution is -2.30. The summed E-state index contributed by atoms with van der Waals surface area (Å²) in [7, 11) is 0. The smallest absolute Gasteiger partial charge is 0.272 e. The number of carbonyl (C=O) groups excluding carboxylic acids is 1. The number of β-amino-alcohol motifs (C(OH)–C–C–N with tert-alkyl or cyclic N) is 2. The van der Waals surface area contributed by atoms with E-state index in [4.69, 9.17) is 0 Å². The summed E-state index contributed by atoms with van der Waals surface area (Å²) in [5.41, 5.74) is 1.12. The number of likely N-dealkylation sites (tertiary alicyclic amines) is 1. The summed E-state index contributed by atoms with van der Waals surface area (Å²) in [6.45, 7) is 2.13. The van der Waals surface area contributed by atoms with Crippen LogP contribution in [0.1, 0.15) is 16.2 Å². The third kappa shape index (κ3) is 2.05. The van der Waals surface area contributed by atoms with Crippen LogP contribution in [0.25, 0.3) is 0 Å². The molecule has 1 aliphatic rings. The zero-order valence-corrected chi connectivity index (χ0v) is 9.00. The van der Waals surface area contributed by atoms with Crippen molar-refractivity contribution in [1.29, 1.82) is 0 Å². The molecule has 5 heteroatoms. The van der Waals surface area contributed by atoms with Crippen molar-refractivity contribution < 1.29 is 15.0 Å². The highest BCUT2D eigenvalue weighted by molar-refractivity contribution is 5.92. The summed E-state index contributed by atoms with van der Waals surface area (Å²) < 4.78 is 0. The summed E-state index contributed by atoms with van der Waals surface area (Å²) >= 11 is 0. The van der Waals surface area contributed by atoms with Gasteiger partial charge in [0.25, 0.3) is 5.91 Å². The second-order valence-corrected chi connectivity index (χ2v) is 4.01. The third-order valence-electron chi connectivity index (χ3n) is 2.65.